The molecule has 0 bridgehead atoms. The highest BCUT2D eigenvalue weighted by molar-refractivity contribution is 8.01. The molecule has 0 amide bonds. The molecule has 0 N–H and O–H groups in total. The maximum atomic E-state index is 12.5. The van der Waals surface area contributed by atoms with Crippen molar-refractivity contribution in [2.24, 2.45) is 7.05 Å². The number of alkyl halides is 3. The highest BCUT2D eigenvalue weighted by Crippen LogP contribution is 2.40. The molecule has 0 unspecified atom stereocenters. The summed E-state index contributed by atoms with van der Waals surface area (Å²) < 4.78 is 38.6. The summed E-state index contributed by atoms with van der Waals surface area (Å²) in [6.45, 7) is 1.70. The Labute approximate surface area is 124 Å². The fraction of sp³-hybridized carbons (Fsp3) is 0.444. The van der Waals surface area contributed by atoms with Crippen molar-refractivity contribution in [1.29, 1.82) is 0 Å². The Morgan fingerprint density at radius 2 is 2.10 bits per heavy atom. The van der Waals surface area contributed by atoms with Crippen molar-refractivity contribution in [2.75, 3.05) is 0 Å². The normalized spacial score (nSPS) is 11.9. The largest absolute Gasteiger partial charge is 0.445 e. The zero-order valence-electron chi connectivity index (χ0n) is 10.7. The average molecular weight is 339 g/mol. The van der Waals surface area contributed by atoms with E-state index in [4.69, 9.17) is 0 Å². The van der Waals surface area contributed by atoms with Gasteiger partial charge in [0.05, 0.1) is 4.92 Å². The first-order valence-electron chi connectivity index (χ1n) is 5.52. The number of hydrogen-bond acceptors (Lipinski definition) is 7. The van der Waals surface area contributed by atoms with Crippen LogP contribution in [0.2, 0.25) is 0 Å². The fourth-order valence-corrected chi connectivity index (χ4v) is 3.33. The second kappa shape index (κ2) is 5.60. The van der Waals surface area contributed by atoms with E-state index in [1.165, 1.54) is 11.7 Å². The van der Waals surface area contributed by atoms with Crippen LogP contribution >= 0.6 is 23.1 Å². The van der Waals surface area contributed by atoms with Crippen molar-refractivity contribution in [3.8, 4) is 0 Å². The first kappa shape index (κ1) is 15.7. The Morgan fingerprint density at radius 3 is 2.57 bits per heavy atom. The van der Waals surface area contributed by atoms with Crippen LogP contribution in [0.4, 0.5) is 18.9 Å². The average Bonchev–Trinajstić information content (AvgIpc) is 2.95. The molecule has 0 atom stereocenters. The molecular formula is C9H8F3N5O2S2. The van der Waals surface area contributed by atoms with Gasteiger partial charge in [0.2, 0.25) is 5.01 Å². The quantitative estimate of drug-likeness (QED) is 0.629. The molecule has 0 aromatic carbocycles. The SMILES string of the molecule is CCc1nn(C)c(Sc2nnc(C(F)(F)F)s2)c1[N+](=O)[O-]. The maximum Gasteiger partial charge on any atom is 0.445 e. The molecule has 0 aliphatic rings. The highest BCUT2D eigenvalue weighted by atomic mass is 32.2. The molecule has 114 valence electrons. The molecule has 2 aromatic rings. The van der Waals surface area contributed by atoms with E-state index in [0.717, 1.165) is 11.8 Å². The molecule has 7 nitrogen and oxygen atoms in total. The summed E-state index contributed by atoms with van der Waals surface area (Å²) >= 11 is 1.08. The third-order valence-corrected chi connectivity index (χ3v) is 4.56. The molecule has 12 heteroatoms. The topological polar surface area (TPSA) is 86.7 Å². The monoisotopic (exact) mass is 339 g/mol. The molecule has 21 heavy (non-hydrogen) atoms. The third-order valence-electron chi connectivity index (χ3n) is 2.39. The van der Waals surface area contributed by atoms with E-state index in [1.54, 1.807) is 6.92 Å². The number of nitrogens with zero attached hydrogens (tertiary/aromatic N) is 5. The lowest BCUT2D eigenvalue weighted by Gasteiger charge is -1.98. The molecule has 0 saturated carbocycles. The zero-order chi connectivity index (χ0) is 15.8. The van der Waals surface area contributed by atoms with Crippen LogP contribution in [0.3, 0.4) is 0 Å². The summed E-state index contributed by atoms with van der Waals surface area (Å²) in [6, 6.07) is 0. The van der Waals surface area contributed by atoms with Gasteiger partial charge >= 0.3 is 11.9 Å². The van der Waals surface area contributed by atoms with Gasteiger partial charge in [0.25, 0.3) is 0 Å². The van der Waals surface area contributed by atoms with Gasteiger partial charge in [-0.2, -0.15) is 18.3 Å². The Morgan fingerprint density at radius 1 is 1.43 bits per heavy atom. The van der Waals surface area contributed by atoms with E-state index < -0.39 is 16.1 Å². The van der Waals surface area contributed by atoms with Gasteiger partial charge in [-0.3, -0.25) is 14.8 Å². The van der Waals surface area contributed by atoms with Gasteiger partial charge < -0.3 is 0 Å². The minimum atomic E-state index is -4.58. The van der Waals surface area contributed by atoms with Crippen molar-refractivity contribution in [2.45, 2.75) is 28.9 Å². The first-order chi connectivity index (χ1) is 9.74. The van der Waals surface area contributed by atoms with Crippen LogP contribution in [0.5, 0.6) is 0 Å². The van der Waals surface area contributed by atoms with Gasteiger partial charge in [-0.25, -0.2) is 0 Å². The Bertz CT molecular complexity index is 681. The van der Waals surface area contributed by atoms with Crippen LogP contribution in [0.1, 0.15) is 17.6 Å². The van der Waals surface area contributed by atoms with Gasteiger partial charge in [0.15, 0.2) is 9.37 Å². The Kier molecular flexibility index (Phi) is 4.18. The van der Waals surface area contributed by atoms with Gasteiger partial charge in [0.1, 0.15) is 5.69 Å². The number of halogens is 3. The first-order valence-corrected chi connectivity index (χ1v) is 7.16. The van der Waals surface area contributed by atoms with Crippen LogP contribution in [-0.4, -0.2) is 24.9 Å². The number of hydrogen-bond donors (Lipinski definition) is 0. The molecule has 0 fully saturated rings. The fourth-order valence-electron chi connectivity index (χ4n) is 1.53. The van der Waals surface area contributed by atoms with E-state index in [-0.39, 0.29) is 20.7 Å². The van der Waals surface area contributed by atoms with Crippen molar-refractivity contribution < 1.29 is 18.1 Å². The minimum Gasteiger partial charge on any atom is -0.258 e. The van der Waals surface area contributed by atoms with E-state index in [9.17, 15) is 23.3 Å². The summed E-state index contributed by atoms with van der Waals surface area (Å²) in [7, 11) is 1.49. The smallest absolute Gasteiger partial charge is 0.258 e. The summed E-state index contributed by atoms with van der Waals surface area (Å²) in [4.78, 5) is 10.5. The molecular weight excluding hydrogens is 331 g/mol. The summed E-state index contributed by atoms with van der Waals surface area (Å²) in [5, 5.41) is 20.6. The lowest BCUT2D eigenvalue weighted by Crippen LogP contribution is -2.03. The predicted octanol–water partition coefficient (Wildman–Crippen LogP) is 2.91. The van der Waals surface area contributed by atoms with Crippen molar-refractivity contribution >= 4 is 28.8 Å². The lowest BCUT2D eigenvalue weighted by molar-refractivity contribution is -0.388. The molecule has 2 aromatic heterocycles. The highest BCUT2D eigenvalue weighted by Gasteiger charge is 2.36. The van der Waals surface area contributed by atoms with E-state index in [1.807, 2.05) is 0 Å². The van der Waals surface area contributed by atoms with Crippen LogP contribution in [0.15, 0.2) is 9.37 Å². The molecule has 0 aliphatic heterocycles. The molecule has 0 radical (unpaired) electrons. The van der Waals surface area contributed by atoms with E-state index in [2.05, 4.69) is 15.3 Å². The molecule has 2 heterocycles. The van der Waals surface area contributed by atoms with Crippen molar-refractivity contribution in [3.63, 3.8) is 0 Å². The van der Waals surface area contributed by atoms with Gasteiger partial charge in [-0.05, 0) is 18.2 Å². The van der Waals surface area contributed by atoms with Gasteiger partial charge in [0, 0.05) is 7.05 Å². The Balaban J connectivity index is 2.38. The predicted molar refractivity (Wildman–Crippen MR) is 68.3 cm³/mol. The van der Waals surface area contributed by atoms with Crippen LogP contribution < -0.4 is 0 Å². The number of aryl methyl sites for hydroxylation is 2. The number of nitro groups is 1. The van der Waals surface area contributed by atoms with Crippen LogP contribution in [0, 0.1) is 10.1 Å². The summed E-state index contributed by atoms with van der Waals surface area (Å²) in [5.41, 5.74) is 0.0549. The number of rotatable bonds is 4. The molecule has 2 rings (SSSR count). The van der Waals surface area contributed by atoms with E-state index >= 15 is 0 Å². The second-order valence-corrected chi connectivity index (χ2v) is 6.02. The minimum absolute atomic E-state index is 0.0314. The van der Waals surface area contributed by atoms with Crippen molar-refractivity contribution in [3.05, 3.63) is 20.8 Å². The van der Waals surface area contributed by atoms with Gasteiger partial charge in [-0.1, -0.05) is 18.3 Å². The van der Waals surface area contributed by atoms with Crippen molar-refractivity contribution in [1.82, 2.24) is 20.0 Å². The van der Waals surface area contributed by atoms with Gasteiger partial charge in [-0.15, -0.1) is 10.2 Å². The summed E-state index contributed by atoms with van der Waals surface area (Å²) in [5.74, 6) is 0. The van der Waals surface area contributed by atoms with Crippen LogP contribution in [-0.2, 0) is 19.6 Å². The standard InChI is InChI=1S/C9H8F3N5O2S2/c1-3-4-5(17(18)19)6(16(2)15-4)20-8-14-13-7(21-8)9(10,11)12/h3H2,1-2H3. The lowest BCUT2D eigenvalue weighted by atomic mass is 10.3. The Hall–Kier alpha value is -1.69. The van der Waals surface area contributed by atoms with Crippen LogP contribution in [0.25, 0.3) is 0 Å². The number of aromatic nitrogens is 4. The maximum absolute atomic E-state index is 12.5. The molecule has 0 saturated heterocycles. The molecule has 0 aliphatic carbocycles. The second-order valence-electron chi connectivity index (χ2n) is 3.81. The van der Waals surface area contributed by atoms with E-state index in [0.29, 0.717) is 17.8 Å². The summed E-state index contributed by atoms with van der Waals surface area (Å²) in [6.07, 6.45) is -4.24. The molecule has 0 spiro atoms. The third kappa shape index (κ3) is 3.15. The zero-order valence-corrected chi connectivity index (χ0v) is 12.3.